The van der Waals surface area contributed by atoms with Crippen molar-refractivity contribution in [3.8, 4) is 0 Å². The van der Waals surface area contributed by atoms with E-state index in [9.17, 15) is 5.11 Å². The van der Waals surface area contributed by atoms with Gasteiger partial charge in [0.05, 0.1) is 18.8 Å². The van der Waals surface area contributed by atoms with Gasteiger partial charge in [-0.25, -0.2) is 0 Å². The molecule has 1 aliphatic rings. The third-order valence-corrected chi connectivity index (χ3v) is 3.85. The predicted octanol–water partition coefficient (Wildman–Crippen LogP) is 2.53. The highest BCUT2D eigenvalue weighted by Gasteiger charge is 2.20. The molecule has 0 aromatic rings. The van der Waals surface area contributed by atoms with Gasteiger partial charge in [-0.15, -0.1) is 0 Å². The van der Waals surface area contributed by atoms with Crippen molar-refractivity contribution in [3.63, 3.8) is 0 Å². The van der Waals surface area contributed by atoms with E-state index >= 15 is 0 Å². The Bertz CT molecular complexity index is 213. The van der Waals surface area contributed by atoms with Crippen molar-refractivity contribution in [2.75, 3.05) is 26.7 Å². The molecule has 1 atom stereocenters. The number of hydrogen-bond acceptors (Lipinski definition) is 3. The second kappa shape index (κ2) is 8.13. The van der Waals surface area contributed by atoms with E-state index in [4.69, 9.17) is 4.74 Å². The van der Waals surface area contributed by atoms with Crippen LogP contribution in [0.15, 0.2) is 0 Å². The van der Waals surface area contributed by atoms with Crippen LogP contribution >= 0.6 is 0 Å². The first kappa shape index (κ1) is 15.9. The molecule has 0 radical (unpaired) electrons. The first-order valence-electron chi connectivity index (χ1n) is 7.45. The fourth-order valence-corrected chi connectivity index (χ4v) is 2.74. The molecule has 0 amide bonds. The largest absolute Gasteiger partial charge is 0.389 e. The van der Waals surface area contributed by atoms with Crippen LogP contribution in [0, 0.1) is 11.8 Å². The van der Waals surface area contributed by atoms with E-state index in [2.05, 4.69) is 18.9 Å². The highest BCUT2D eigenvalue weighted by molar-refractivity contribution is 4.73. The summed E-state index contributed by atoms with van der Waals surface area (Å²) in [5.41, 5.74) is 0. The van der Waals surface area contributed by atoms with E-state index in [0.717, 1.165) is 24.9 Å². The molecule has 1 N–H and O–H groups in total. The SMILES string of the molecule is CC1CCC(CN(C)CC(O)COC(C)C)CC1. The Morgan fingerprint density at radius 3 is 2.39 bits per heavy atom. The maximum Gasteiger partial charge on any atom is 0.0900 e. The molecule has 0 saturated heterocycles. The number of rotatable bonds is 7. The highest BCUT2D eigenvalue weighted by atomic mass is 16.5. The average molecular weight is 257 g/mol. The summed E-state index contributed by atoms with van der Waals surface area (Å²) in [4.78, 5) is 2.26. The van der Waals surface area contributed by atoms with Crippen molar-refractivity contribution in [1.82, 2.24) is 4.90 Å². The van der Waals surface area contributed by atoms with Gasteiger partial charge in [0.15, 0.2) is 0 Å². The number of aliphatic hydroxyl groups excluding tert-OH is 1. The first-order chi connectivity index (χ1) is 8.47. The minimum Gasteiger partial charge on any atom is -0.389 e. The summed E-state index contributed by atoms with van der Waals surface area (Å²) in [6.45, 7) is 8.64. The number of hydrogen-bond donors (Lipinski definition) is 1. The second-order valence-corrected chi connectivity index (χ2v) is 6.38. The molecule has 1 fully saturated rings. The Hall–Kier alpha value is -0.120. The van der Waals surface area contributed by atoms with Crippen LogP contribution in [-0.2, 0) is 4.74 Å². The molecule has 3 nitrogen and oxygen atoms in total. The molecular formula is C15H31NO2. The van der Waals surface area contributed by atoms with Crippen molar-refractivity contribution in [3.05, 3.63) is 0 Å². The lowest BCUT2D eigenvalue weighted by Gasteiger charge is -2.30. The van der Waals surface area contributed by atoms with Crippen molar-refractivity contribution in [2.45, 2.75) is 58.7 Å². The Morgan fingerprint density at radius 1 is 1.22 bits per heavy atom. The van der Waals surface area contributed by atoms with Gasteiger partial charge in [-0.2, -0.15) is 0 Å². The van der Waals surface area contributed by atoms with Gasteiger partial charge >= 0.3 is 0 Å². The summed E-state index contributed by atoms with van der Waals surface area (Å²) in [6, 6.07) is 0. The summed E-state index contributed by atoms with van der Waals surface area (Å²) >= 11 is 0. The van der Waals surface area contributed by atoms with E-state index in [1.165, 1.54) is 25.7 Å². The molecule has 108 valence electrons. The van der Waals surface area contributed by atoms with Gasteiger partial charge in [-0.05, 0) is 45.6 Å². The van der Waals surface area contributed by atoms with Gasteiger partial charge < -0.3 is 14.7 Å². The topological polar surface area (TPSA) is 32.7 Å². The van der Waals surface area contributed by atoms with E-state index in [0.29, 0.717) is 6.61 Å². The van der Waals surface area contributed by atoms with Crippen LogP contribution in [0.3, 0.4) is 0 Å². The molecule has 0 spiro atoms. The van der Waals surface area contributed by atoms with Gasteiger partial charge in [-0.1, -0.05) is 19.8 Å². The van der Waals surface area contributed by atoms with Crippen LogP contribution < -0.4 is 0 Å². The summed E-state index contributed by atoms with van der Waals surface area (Å²) < 4.78 is 5.43. The van der Waals surface area contributed by atoms with Crippen molar-refractivity contribution in [2.24, 2.45) is 11.8 Å². The quantitative estimate of drug-likeness (QED) is 0.761. The van der Waals surface area contributed by atoms with Crippen LogP contribution in [-0.4, -0.2) is 49.0 Å². The zero-order chi connectivity index (χ0) is 13.5. The highest BCUT2D eigenvalue weighted by Crippen LogP contribution is 2.28. The number of likely N-dealkylation sites (N-methyl/N-ethyl adjacent to an activating group) is 1. The van der Waals surface area contributed by atoms with E-state index in [1.807, 2.05) is 13.8 Å². The molecule has 0 bridgehead atoms. The molecule has 3 heteroatoms. The summed E-state index contributed by atoms with van der Waals surface area (Å²) in [5.74, 6) is 1.74. The Balaban J connectivity index is 2.14. The molecule has 0 aromatic carbocycles. The van der Waals surface area contributed by atoms with Crippen LogP contribution in [0.2, 0.25) is 0 Å². The van der Waals surface area contributed by atoms with Crippen molar-refractivity contribution in [1.29, 1.82) is 0 Å². The molecule has 0 aliphatic heterocycles. The lowest BCUT2D eigenvalue weighted by Crippen LogP contribution is -2.36. The van der Waals surface area contributed by atoms with Crippen LogP contribution in [0.25, 0.3) is 0 Å². The molecule has 0 heterocycles. The summed E-state index contributed by atoms with van der Waals surface area (Å²) in [7, 11) is 2.11. The van der Waals surface area contributed by atoms with Crippen molar-refractivity contribution >= 4 is 0 Å². The van der Waals surface area contributed by atoms with Crippen LogP contribution in [0.4, 0.5) is 0 Å². The normalized spacial score (nSPS) is 26.8. The third kappa shape index (κ3) is 6.72. The number of ether oxygens (including phenoxy) is 1. The fourth-order valence-electron chi connectivity index (χ4n) is 2.74. The minimum atomic E-state index is -0.361. The van der Waals surface area contributed by atoms with E-state index < -0.39 is 0 Å². The lowest BCUT2D eigenvalue weighted by atomic mass is 9.83. The number of aliphatic hydroxyl groups is 1. The Morgan fingerprint density at radius 2 is 1.83 bits per heavy atom. The molecule has 1 unspecified atom stereocenters. The second-order valence-electron chi connectivity index (χ2n) is 6.38. The summed E-state index contributed by atoms with van der Waals surface area (Å²) in [5, 5.41) is 9.87. The minimum absolute atomic E-state index is 0.199. The van der Waals surface area contributed by atoms with Gasteiger partial charge in [0.1, 0.15) is 0 Å². The average Bonchev–Trinajstić information content (AvgIpc) is 2.29. The third-order valence-electron chi connectivity index (χ3n) is 3.85. The molecule has 1 rings (SSSR count). The lowest BCUT2D eigenvalue weighted by molar-refractivity contribution is -0.00762. The molecular weight excluding hydrogens is 226 g/mol. The molecule has 1 saturated carbocycles. The van der Waals surface area contributed by atoms with Gasteiger partial charge in [0, 0.05) is 13.1 Å². The maximum atomic E-state index is 9.87. The van der Waals surface area contributed by atoms with E-state index in [-0.39, 0.29) is 12.2 Å². The standard InChI is InChI=1S/C15H31NO2/c1-12(2)18-11-15(17)10-16(4)9-14-7-5-13(3)6-8-14/h12-15,17H,5-11H2,1-4H3. The van der Waals surface area contributed by atoms with Gasteiger partial charge in [-0.3, -0.25) is 0 Å². The van der Waals surface area contributed by atoms with Gasteiger partial charge in [0.2, 0.25) is 0 Å². The number of nitrogens with zero attached hydrogens (tertiary/aromatic N) is 1. The van der Waals surface area contributed by atoms with Crippen molar-refractivity contribution < 1.29 is 9.84 Å². The Labute approximate surface area is 113 Å². The zero-order valence-electron chi connectivity index (χ0n) is 12.6. The zero-order valence-corrected chi connectivity index (χ0v) is 12.6. The van der Waals surface area contributed by atoms with Gasteiger partial charge in [0.25, 0.3) is 0 Å². The Kier molecular flexibility index (Phi) is 7.20. The first-order valence-corrected chi connectivity index (χ1v) is 7.45. The van der Waals surface area contributed by atoms with Crippen LogP contribution in [0.1, 0.15) is 46.5 Å². The molecule has 1 aliphatic carbocycles. The van der Waals surface area contributed by atoms with E-state index in [1.54, 1.807) is 0 Å². The summed E-state index contributed by atoms with van der Waals surface area (Å²) in [6.07, 6.45) is 5.29. The maximum absolute atomic E-state index is 9.87. The predicted molar refractivity (Wildman–Crippen MR) is 75.7 cm³/mol. The van der Waals surface area contributed by atoms with Crippen LogP contribution in [0.5, 0.6) is 0 Å². The monoisotopic (exact) mass is 257 g/mol. The molecule has 0 aromatic heterocycles. The molecule has 18 heavy (non-hydrogen) atoms. The smallest absolute Gasteiger partial charge is 0.0900 e. The fraction of sp³-hybridized carbons (Fsp3) is 1.00.